The fourth-order valence-electron chi connectivity index (χ4n) is 9.11. The van der Waals surface area contributed by atoms with Crippen LogP contribution in [0.5, 0.6) is 0 Å². The summed E-state index contributed by atoms with van der Waals surface area (Å²) in [6, 6.07) is 65.4. The second-order valence-corrected chi connectivity index (χ2v) is 14.3. The molecule has 0 bridgehead atoms. The summed E-state index contributed by atoms with van der Waals surface area (Å²) >= 11 is 0. The molecule has 250 valence electrons. The first-order valence-electron chi connectivity index (χ1n) is 18.5. The number of hydrogen-bond donors (Lipinski definition) is 0. The molecule has 0 radical (unpaired) electrons. The summed E-state index contributed by atoms with van der Waals surface area (Å²) < 4.78 is 13.6. The molecule has 0 amide bonds. The Balaban J connectivity index is 1.19. The number of para-hydroxylation sites is 2. The maximum absolute atomic E-state index is 6.79. The van der Waals surface area contributed by atoms with Crippen molar-refractivity contribution in [3.8, 4) is 33.4 Å². The summed E-state index contributed by atoms with van der Waals surface area (Å²) in [6.07, 6.45) is 0. The van der Waals surface area contributed by atoms with Crippen molar-refractivity contribution in [3.63, 3.8) is 0 Å². The van der Waals surface area contributed by atoms with Gasteiger partial charge in [0.05, 0.1) is 0 Å². The Morgan fingerprint density at radius 3 is 1.22 bits per heavy atom. The zero-order valence-electron chi connectivity index (χ0n) is 29.1. The van der Waals surface area contributed by atoms with Gasteiger partial charge in [0.15, 0.2) is 0 Å². The molecule has 12 aromatic rings. The molecule has 10 aromatic carbocycles. The van der Waals surface area contributed by atoms with Gasteiger partial charge in [0, 0.05) is 32.7 Å². The van der Waals surface area contributed by atoms with Crippen LogP contribution in [0.3, 0.4) is 0 Å². The number of fused-ring (bicyclic) bond motifs is 12. The largest absolute Gasteiger partial charge is 0.455 e. The summed E-state index contributed by atoms with van der Waals surface area (Å²) in [5.74, 6) is 0. The van der Waals surface area contributed by atoms with Gasteiger partial charge in [-0.05, 0) is 83.5 Å². The molecule has 0 aliphatic carbocycles. The third-order valence-corrected chi connectivity index (χ3v) is 11.5. The quantitative estimate of drug-likeness (QED) is 0.173. The first-order chi connectivity index (χ1) is 26.8. The van der Waals surface area contributed by atoms with Gasteiger partial charge in [-0.1, -0.05) is 164 Å². The zero-order chi connectivity index (χ0) is 35.3. The molecule has 12 rings (SSSR count). The molecule has 0 aliphatic heterocycles. The Morgan fingerprint density at radius 2 is 0.704 bits per heavy atom. The van der Waals surface area contributed by atoms with Gasteiger partial charge in [0.25, 0.3) is 0 Å². The summed E-state index contributed by atoms with van der Waals surface area (Å²) in [5.41, 5.74) is 10.5. The average Bonchev–Trinajstić information content (AvgIpc) is 3.82. The molecule has 0 saturated carbocycles. The molecule has 0 spiro atoms. The van der Waals surface area contributed by atoms with E-state index in [4.69, 9.17) is 8.83 Å². The number of benzene rings is 10. The van der Waals surface area contributed by atoms with Crippen LogP contribution >= 0.6 is 0 Å². The fourth-order valence-corrected chi connectivity index (χ4v) is 9.11. The average molecular weight is 687 g/mol. The minimum absolute atomic E-state index is 0.904. The summed E-state index contributed by atoms with van der Waals surface area (Å²) in [7, 11) is 0. The highest BCUT2D eigenvalue weighted by molar-refractivity contribution is 6.25. The molecule has 2 aromatic heterocycles. The molecule has 0 saturated heterocycles. The monoisotopic (exact) mass is 686 g/mol. The van der Waals surface area contributed by atoms with Gasteiger partial charge >= 0.3 is 0 Å². The maximum atomic E-state index is 6.79. The second kappa shape index (κ2) is 11.2. The smallest absolute Gasteiger partial charge is 0.143 e. The normalized spacial score (nSPS) is 12.1. The van der Waals surface area contributed by atoms with E-state index in [0.29, 0.717) is 0 Å². The molecule has 2 heterocycles. The summed E-state index contributed by atoms with van der Waals surface area (Å²) in [6.45, 7) is 0. The lowest BCUT2D eigenvalue weighted by Gasteiger charge is -2.17. The Morgan fingerprint density at radius 1 is 0.278 bits per heavy atom. The van der Waals surface area contributed by atoms with Gasteiger partial charge in [0.1, 0.15) is 22.3 Å². The van der Waals surface area contributed by atoms with Crippen LogP contribution in [0.4, 0.5) is 0 Å². The highest BCUT2D eigenvalue weighted by Crippen LogP contribution is 2.47. The van der Waals surface area contributed by atoms with E-state index in [2.05, 4.69) is 182 Å². The van der Waals surface area contributed by atoms with Gasteiger partial charge in [-0.25, -0.2) is 0 Å². The van der Waals surface area contributed by atoms with Crippen LogP contribution in [-0.2, 0) is 0 Å². The maximum Gasteiger partial charge on any atom is 0.143 e. The molecule has 0 atom stereocenters. The minimum Gasteiger partial charge on any atom is -0.455 e. The van der Waals surface area contributed by atoms with Crippen molar-refractivity contribution in [2.45, 2.75) is 0 Å². The van der Waals surface area contributed by atoms with Crippen LogP contribution in [0, 0.1) is 0 Å². The van der Waals surface area contributed by atoms with Crippen molar-refractivity contribution in [1.29, 1.82) is 0 Å². The summed E-state index contributed by atoms with van der Waals surface area (Å²) in [5, 5.41) is 14.2. The van der Waals surface area contributed by atoms with Crippen LogP contribution in [0.25, 0.3) is 120 Å². The van der Waals surface area contributed by atoms with Crippen LogP contribution in [0.2, 0.25) is 0 Å². The van der Waals surface area contributed by atoms with Crippen LogP contribution in [-0.4, -0.2) is 0 Å². The molecular weight excluding hydrogens is 657 g/mol. The molecule has 2 heteroatoms. The fraction of sp³-hybridized carbons (Fsp3) is 0. The molecule has 2 nitrogen and oxygen atoms in total. The molecule has 54 heavy (non-hydrogen) atoms. The van der Waals surface area contributed by atoms with E-state index in [-0.39, 0.29) is 0 Å². The van der Waals surface area contributed by atoms with Crippen molar-refractivity contribution >= 4 is 87.0 Å². The highest BCUT2D eigenvalue weighted by atomic mass is 16.3. The molecule has 0 N–H and O–H groups in total. The van der Waals surface area contributed by atoms with E-state index >= 15 is 0 Å². The Kier molecular flexibility index (Phi) is 6.09. The number of hydrogen-bond acceptors (Lipinski definition) is 2. The molecule has 0 aliphatic rings. The molecular formula is C52H30O2. The summed E-state index contributed by atoms with van der Waals surface area (Å²) in [4.78, 5) is 0. The molecule has 0 fully saturated rings. The van der Waals surface area contributed by atoms with Gasteiger partial charge in [-0.2, -0.15) is 0 Å². The standard InChI is InChI=1S/C52H30O2/c1-2-14-33(15-3-1)48-38-20-8-18-36(40-22-10-24-42-49-34-16-6-4-12-31(34)26-28-46(49)53-51(40)42)44(38)30-45-37(19-9-21-39(45)48)41-23-11-25-43-50-35-17-7-5-13-32(35)27-29-47(50)54-52(41)43/h1-30H. The van der Waals surface area contributed by atoms with E-state index in [1.807, 2.05) is 0 Å². The van der Waals surface area contributed by atoms with Crippen molar-refractivity contribution in [3.05, 3.63) is 182 Å². The first-order valence-corrected chi connectivity index (χ1v) is 18.5. The molecule has 0 unspecified atom stereocenters. The predicted octanol–water partition coefficient (Wildman–Crippen LogP) is 15.1. The van der Waals surface area contributed by atoms with Crippen LogP contribution in [0.15, 0.2) is 191 Å². The van der Waals surface area contributed by atoms with Gasteiger partial charge in [-0.15, -0.1) is 0 Å². The topological polar surface area (TPSA) is 26.3 Å². The lowest BCUT2D eigenvalue weighted by molar-refractivity contribution is 0.670. The highest BCUT2D eigenvalue weighted by Gasteiger charge is 2.21. The van der Waals surface area contributed by atoms with Gasteiger partial charge < -0.3 is 8.83 Å². The van der Waals surface area contributed by atoms with Crippen LogP contribution < -0.4 is 0 Å². The van der Waals surface area contributed by atoms with Crippen LogP contribution in [0.1, 0.15) is 0 Å². The Labute approximate surface area is 310 Å². The SMILES string of the molecule is c1ccc(-c2c3cccc(-c4cccc5c4oc4ccc6ccccc6c45)c3cc3c(-c4cccc5c4oc4ccc6ccccc6c45)cccc23)cc1. The van der Waals surface area contributed by atoms with E-state index in [0.717, 1.165) is 66.1 Å². The van der Waals surface area contributed by atoms with Crippen molar-refractivity contribution in [1.82, 2.24) is 0 Å². The van der Waals surface area contributed by atoms with Crippen molar-refractivity contribution in [2.75, 3.05) is 0 Å². The Bertz CT molecular complexity index is 3280. The van der Waals surface area contributed by atoms with E-state index in [1.165, 1.54) is 54.2 Å². The predicted molar refractivity (Wildman–Crippen MR) is 227 cm³/mol. The second-order valence-electron chi connectivity index (χ2n) is 14.3. The van der Waals surface area contributed by atoms with Crippen molar-refractivity contribution < 1.29 is 8.83 Å². The first kappa shape index (κ1) is 29.4. The van der Waals surface area contributed by atoms with E-state index in [9.17, 15) is 0 Å². The zero-order valence-corrected chi connectivity index (χ0v) is 29.1. The van der Waals surface area contributed by atoms with E-state index in [1.54, 1.807) is 0 Å². The van der Waals surface area contributed by atoms with Crippen molar-refractivity contribution in [2.24, 2.45) is 0 Å². The van der Waals surface area contributed by atoms with Gasteiger partial charge in [0.2, 0.25) is 0 Å². The third kappa shape index (κ3) is 4.11. The Hall–Kier alpha value is -7.16. The number of furan rings is 2. The minimum atomic E-state index is 0.904. The number of rotatable bonds is 3. The van der Waals surface area contributed by atoms with Gasteiger partial charge in [-0.3, -0.25) is 0 Å². The lowest BCUT2D eigenvalue weighted by Crippen LogP contribution is -1.91. The lowest BCUT2D eigenvalue weighted by atomic mass is 9.86. The third-order valence-electron chi connectivity index (χ3n) is 11.5. The van der Waals surface area contributed by atoms with E-state index < -0.39 is 0 Å².